The Balaban J connectivity index is 1.88. The van der Waals surface area contributed by atoms with E-state index in [0.717, 1.165) is 24.0 Å². The van der Waals surface area contributed by atoms with Crippen LogP contribution in [-0.2, 0) is 12.8 Å². The van der Waals surface area contributed by atoms with Crippen LogP contribution in [0.4, 0.5) is 4.79 Å². The van der Waals surface area contributed by atoms with E-state index < -0.39 is 6.09 Å². The number of primary amides is 1. The van der Waals surface area contributed by atoms with Crippen molar-refractivity contribution in [1.29, 1.82) is 0 Å². The molecule has 1 amide bonds. The van der Waals surface area contributed by atoms with E-state index in [1.165, 1.54) is 17.7 Å². The second kappa shape index (κ2) is 4.72. The summed E-state index contributed by atoms with van der Waals surface area (Å²) in [5, 5.41) is 0. The Kier molecular flexibility index (Phi) is 2.91. The van der Waals surface area contributed by atoms with Crippen molar-refractivity contribution in [2.24, 2.45) is 5.73 Å². The minimum Gasteiger partial charge on any atom is -0.411 e. The molecule has 0 saturated carbocycles. The zero-order valence-electron chi connectivity index (χ0n) is 10.4. The molecular weight excluding hydrogens is 240 g/mol. The summed E-state index contributed by atoms with van der Waals surface area (Å²) in [4.78, 5) is 15.1. The molecule has 0 bridgehead atoms. The van der Waals surface area contributed by atoms with E-state index >= 15 is 0 Å². The van der Waals surface area contributed by atoms with E-state index in [1.807, 2.05) is 18.3 Å². The first-order valence-corrected chi connectivity index (χ1v) is 6.28. The minimum atomic E-state index is -0.799. The third kappa shape index (κ3) is 2.42. The van der Waals surface area contributed by atoms with Gasteiger partial charge in [0, 0.05) is 17.5 Å². The summed E-state index contributed by atoms with van der Waals surface area (Å²) in [6, 6.07) is 9.45. The highest BCUT2D eigenvalue weighted by Crippen LogP contribution is 2.27. The maximum Gasteiger partial charge on any atom is 0.409 e. The van der Waals surface area contributed by atoms with Gasteiger partial charge in [0.15, 0.2) is 0 Å². The molecule has 1 aromatic heterocycles. The highest BCUT2D eigenvalue weighted by molar-refractivity contribution is 5.69. The molecule has 0 spiro atoms. The molecule has 4 heteroatoms. The van der Waals surface area contributed by atoms with Crippen molar-refractivity contribution in [2.75, 3.05) is 0 Å². The third-order valence-corrected chi connectivity index (χ3v) is 3.33. The highest BCUT2D eigenvalue weighted by Gasteiger charge is 2.12. The number of benzene rings is 1. The Morgan fingerprint density at radius 1 is 1.16 bits per heavy atom. The molecule has 0 aliphatic heterocycles. The van der Waals surface area contributed by atoms with E-state index in [1.54, 1.807) is 12.1 Å². The van der Waals surface area contributed by atoms with Crippen LogP contribution >= 0.6 is 0 Å². The average Bonchev–Trinajstić information content (AvgIpc) is 2.86. The molecular formula is C15H14N2O2. The van der Waals surface area contributed by atoms with Gasteiger partial charge in [-0.2, -0.15) is 0 Å². The molecule has 0 unspecified atom stereocenters. The zero-order chi connectivity index (χ0) is 13.2. The number of aryl methyl sites for hydroxylation is 2. The summed E-state index contributed by atoms with van der Waals surface area (Å²) < 4.78 is 4.80. The van der Waals surface area contributed by atoms with Gasteiger partial charge in [-0.05, 0) is 48.6 Å². The number of nitrogens with two attached hydrogens (primary N) is 1. The number of rotatable bonds is 2. The van der Waals surface area contributed by atoms with E-state index in [4.69, 9.17) is 10.5 Å². The smallest absolute Gasteiger partial charge is 0.409 e. The number of aromatic nitrogens is 1. The van der Waals surface area contributed by atoms with Crippen LogP contribution in [0.25, 0.3) is 11.1 Å². The van der Waals surface area contributed by atoms with Crippen molar-refractivity contribution >= 4 is 6.09 Å². The maximum absolute atomic E-state index is 10.6. The molecule has 1 heterocycles. The van der Waals surface area contributed by atoms with Gasteiger partial charge >= 0.3 is 6.09 Å². The lowest BCUT2D eigenvalue weighted by Gasteiger charge is -2.06. The SMILES string of the molecule is NC(=O)Oc1ccc(-c2cnc3c(c2)CCC3)cc1. The second-order valence-electron chi connectivity index (χ2n) is 4.63. The van der Waals surface area contributed by atoms with Crippen molar-refractivity contribution in [2.45, 2.75) is 19.3 Å². The molecule has 19 heavy (non-hydrogen) atoms. The molecule has 0 radical (unpaired) electrons. The number of carbonyl (C=O) groups excluding carboxylic acids is 1. The fourth-order valence-corrected chi connectivity index (χ4v) is 2.42. The molecule has 0 saturated heterocycles. The van der Waals surface area contributed by atoms with Gasteiger partial charge in [0.1, 0.15) is 5.75 Å². The number of nitrogens with zero attached hydrogens (tertiary/aromatic N) is 1. The third-order valence-electron chi connectivity index (χ3n) is 3.33. The fourth-order valence-electron chi connectivity index (χ4n) is 2.42. The Hall–Kier alpha value is -2.36. The first-order valence-electron chi connectivity index (χ1n) is 6.28. The van der Waals surface area contributed by atoms with Crippen molar-refractivity contribution in [1.82, 2.24) is 4.98 Å². The summed E-state index contributed by atoms with van der Waals surface area (Å²) in [5.74, 6) is 0.449. The predicted octanol–water partition coefficient (Wildman–Crippen LogP) is 2.69. The van der Waals surface area contributed by atoms with Crippen LogP contribution in [0.3, 0.4) is 0 Å². The summed E-state index contributed by atoms with van der Waals surface area (Å²) in [6.07, 6.45) is 4.48. The van der Waals surface area contributed by atoms with E-state index in [9.17, 15) is 4.79 Å². The second-order valence-corrected chi connectivity index (χ2v) is 4.63. The normalized spacial score (nSPS) is 13.1. The highest BCUT2D eigenvalue weighted by atomic mass is 16.5. The van der Waals surface area contributed by atoms with Gasteiger partial charge in [-0.1, -0.05) is 12.1 Å². The lowest BCUT2D eigenvalue weighted by atomic mass is 10.0. The molecule has 1 aromatic carbocycles. The van der Waals surface area contributed by atoms with Crippen LogP contribution in [0.15, 0.2) is 36.5 Å². The van der Waals surface area contributed by atoms with Gasteiger partial charge in [-0.25, -0.2) is 4.79 Å². The summed E-state index contributed by atoms with van der Waals surface area (Å²) in [7, 11) is 0. The molecule has 2 aromatic rings. The van der Waals surface area contributed by atoms with Crippen LogP contribution in [0.1, 0.15) is 17.7 Å². The van der Waals surface area contributed by atoms with Gasteiger partial charge in [-0.15, -0.1) is 0 Å². The van der Waals surface area contributed by atoms with Crippen molar-refractivity contribution in [3.63, 3.8) is 0 Å². The van der Waals surface area contributed by atoms with Crippen molar-refractivity contribution < 1.29 is 9.53 Å². The average molecular weight is 254 g/mol. The molecule has 0 atom stereocenters. The van der Waals surface area contributed by atoms with E-state index in [-0.39, 0.29) is 0 Å². The van der Waals surface area contributed by atoms with Crippen LogP contribution in [0.5, 0.6) is 5.75 Å². The number of fused-ring (bicyclic) bond motifs is 1. The van der Waals surface area contributed by atoms with E-state index in [2.05, 4.69) is 11.1 Å². The lowest BCUT2D eigenvalue weighted by Crippen LogP contribution is -2.16. The number of hydrogen-bond acceptors (Lipinski definition) is 3. The van der Waals surface area contributed by atoms with Gasteiger partial charge in [0.25, 0.3) is 0 Å². The minimum absolute atomic E-state index is 0.449. The van der Waals surface area contributed by atoms with Gasteiger partial charge in [0.05, 0.1) is 0 Å². The fraction of sp³-hybridized carbons (Fsp3) is 0.200. The summed E-state index contributed by atoms with van der Waals surface area (Å²) >= 11 is 0. The van der Waals surface area contributed by atoms with Crippen molar-refractivity contribution in [3.05, 3.63) is 47.8 Å². The van der Waals surface area contributed by atoms with Crippen molar-refractivity contribution in [3.8, 4) is 16.9 Å². The molecule has 1 aliphatic carbocycles. The Labute approximate surface area is 111 Å². The molecule has 1 aliphatic rings. The molecule has 2 N–H and O–H groups in total. The molecule has 0 fully saturated rings. The van der Waals surface area contributed by atoms with Crippen LogP contribution in [0, 0.1) is 0 Å². The molecule has 4 nitrogen and oxygen atoms in total. The number of carbonyl (C=O) groups is 1. The topological polar surface area (TPSA) is 65.2 Å². The van der Waals surface area contributed by atoms with Crippen LogP contribution in [0.2, 0.25) is 0 Å². The Morgan fingerprint density at radius 3 is 2.68 bits per heavy atom. The first-order chi connectivity index (χ1) is 9.22. The lowest BCUT2D eigenvalue weighted by molar-refractivity contribution is 0.211. The van der Waals surface area contributed by atoms with Gasteiger partial charge in [0.2, 0.25) is 0 Å². The Morgan fingerprint density at radius 2 is 1.95 bits per heavy atom. The Bertz CT molecular complexity index is 621. The molecule has 3 rings (SSSR count). The van der Waals surface area contributed by atoms with Crippen LogP contribution < -0.4 is 10.5 Å². The van der Waals surface area contributed by atoms with Gasteiger partial charge < -0.3 is 10.5 Å². The quantitative estimate of drug-likeness (QED) is 0.896. The molecule has 96 valence electrons. The number of hydrogen-bond donors (Lipinski definition) is 1. The summed E-state index contributed by atoms with van der Waals surface area (Å²) in [6.45, 7) is 0. The standard InChI is InChI=1S/C15H14N2O2/c16-15(18)19-13-6-4-10(5-7-13)12-8-11-2-1-3-14(11)17-9-12/h4-9H,1-3H2,(H2,16,18). The predicted molar refractivity (Wildman–Crippen MR) is 71.9 cm³/mol. The summed E-state index contributed by atoms with van der Waals surface area (Å²) in [5.41, 5.74) is 9.67. The monoisotopic (exact) mass is 254 g/mol. The number of ether oxygens (including phenoxy) is 1. The number of pyridine rings is 1. The van der Waals surface area contributed by atoms with Crippen LogP contribution in [-0.4, -0.2) is 11.1 Å². The maximum atomic E-state index is 10.6. The number of amides is 1. The van der Waals surface area contributed by atoms with E-state index in [0.29, 0.717) is 5.75 Å². The largest absolute Gasteiger partial charge is 0.411 e. The first kappa shape index (κ1) is 11.7. The van der Waals surface area contributed by atoms with Gasteiger partial charge in [-0.3, -0.25) is 4.98 Å². The zero-order valence-corrected chi connectivity index (χ0v) is 10.4.